The van der Waals surface area contributed by atoms with Crippen LogP contribution >= 0.6 is 0 Å². The summed E-state index contributed by atoms with van der Waals surface area (Å²) in [6.07, 6.45) is 6.64. The molecule has 0 aliphatic carbocycles. The van der Waals surface area contributed by atoms with Crippen molar-refractivity contribution in [1.29, 1.82) is 0 Å². The van der Waals surface area contributed by atoms with E-state index in [9.17, 15) is 13.2 Å². The Morgan fingerprint density at radius 2 is 1.90 bits per heavy atom. The number of nitrogens with one attached hydrogen (secondary N) is 1. The normalized spacial score (nSPS) is 15.7. The molecule has 0 bridgehead atoms. The zero-order valence-electron chi connectivity index (χ0n) is 16.2. The quantitative estimate of drug-likeness (QED) is 0.637. The van der Waals surface area contributed by atoms with Crippen LogP contribution in [0.15, 0.2) is 48.9 Å². The molecule has 0 saturated carbocycles. The third-order valence-corrected chi connectivity index (χ3v) is 6.41. The summed E-state index contributed by atoms with van der Waals surface area (Å²) in [5.74, 6) is 0.819. The molecule has 0 spiro atoms. The Hall–Kier alpha value is -2.85. The highest BCUT2D eigenvalue weighted by Gasteiger charge is 2.24. The van der Waals surface area contributed by atoms with Crippen LogP contribution in [-0.2, 0) is 16.6 Å². The molecule has 0 aromatic carbocycles. The molecule has 4 heterocycles. The van der Waals surface area contributed by atoms with E-state index in [4.69, 9.17) is 0 Å². The van der Waals surface area contributed by atoms with E-state index in [0.29, 0.717) is 44.8 Å². The maximum absolute atomic E-state index is 12.5. The zero-order chi connectivity index (χ0) is 20.4. The Balaban J connectivity index is 1.45. The number of amides is 1. The molecule has 0 atom stereocenters. The summed E-state index contributed by atoms with van der Waals surface area (Å²) >= 11 is 0. The van der Waals surface area contributed by atoms with Crippen LogP contribution in [0.5, 0.6) is 0 Å². The van der Waals surface area contributed by atoms with Crippen molar-refractivity contribution in [2.45, 2.75) is 6.54 Å². The molecule has 0 radical (unpaired) electrons. The third-order valence-electron chi connectivity index (χ3n) is 5.11. The minimum atomic E-state index is -3.16. The lowest BCUT2D eigenvalue weighted by Gasteiger charge is -2.34. The molecule has 9 nitrogen and oxygen atoms in total. The molecule has 1 fully saturated rings. The highest BCUT2D eigenvalue weighted by atomic mass is 32.2. The summed E-state index contributed by atoms with van der Waals surface area (Å²) in [5.41, 5.74) is 1.56. The van der Waals surface area contributed by atoms with Gasteiger partial charge in [-0.3, -0.25) is 9.48 Å². The Morgan fingerprint density at radius 1 is 1.14 bits per heavy atom. The van der Waals surface area contributed by atoms with Crippen molar-refractivity contribution >= 4 is 27.3 Å². The summed E-state index contributed by atoms with van der Waals surface area (Å²) in [6.45, 7) is 3.24. The number of hydrogen-bond acceptors (Lipinski definition) is 5. The van der Waals surface area contributed by atoms with E-state index >= 15 is 0 Å². The van der Waals surface area contributed by atoms with Crippen LogP contribution in [0.4, 0.5) is 5.82 Å². The number of piperazine rings is 1. The topological polar surface area (TPSA) is 92.0 Å². The molecule has 3 aromatic heterocycles. The Bertz CT molecular complexity index is 1100. The number of aromatic nitrogens is 3. The van der Waals surface area contributed by atoms with Crippen molar-refractivity contribution in [3.8, 4) is 0 Å². The predicted octanol–water partition coefficient (Wildman–Crippen LogP) is 0.647. The van der Waals surface area contributed by atoms with E-state index in [0.717, 1.165) is 11.3 Å². The second-order valence-electron chi connectivity index (χ2n) is 7.08. The standard InChI is InChI=1S/C19H24N6O3S/c1-29(27,28)24-13-11-22(12-14-24)18-6-5-17-4-3-16(15-25(17)18)19(26)20-8-10-23-9-2-7-21-23/h2-7,9,15H,8,10-14H2,1H3,(H,20,26). The van der Waals surface area contributed by atoms with Crippen LogP contribution in [-0.4, -0.2) is 71.8 Å². The lowest BCUT2D eigenvalue weighted by Crippen LogP contribution is -2.48. The summed E-state index contributed by atoms with van der Waals surface area (Å²) in [6, 6.07) is 9.57. The van der Waals surface area contributed by atoms with Crippen molar-refractivity contribution in [3.05, 3.63) is 54.5 Å². The van der Waals surface area contributed by atoms with Crippen molar-refractivity contribution in [2.24, 2.45) is 0 Å². The molecular weight excluding hydrogens is 392 g/mol. The smallest absolute Gasteiger partial charge is 0.252 e. The molecule has 1 N–H and O–H groups in total. The average molecular weight is 417 g/mol. The molecule has 0 unspecified atom stereocenters. The first-order chi connectivity index (χ1) is 13.9. The fraction of sp³-hybridized carbons (Fsp3) is 0.368. The highest BCUT2D eigenvalue weighted by molar-refractivity contribution is 7.88. The van der Waals surface area contributed by atoms with Crippen molar-refractivity contribution < 1.29 is 13.2 Å². The van der Waals surface area contributed by atoms with Crippen LogP contribution < -0.4 is 10.2 Å². The molecule has 4 rings (SSSR count). The van der Waals surface area contributed by atoms with Gasteiger partial charge in [0.25, 0.3) is 5.91 Å². The van der Waals surface area contributed by atoms with Gasteiger partial charge >= 0.3 is 0 Å². The fourth-order valence-electron chi connectivity index (χ4n) is 3.55. The maximum Gasteiger partial charge on any atom is 0.252 e. The number of anilines is 1. The van der Waals surface area contributed by atoms with E-state index < -0.39 is 10.0 Å². The van der Waals surface area contributed by atoms with Crippen molar-refractivity contribution in [2.75, 3.05) is 43.9 Å². The second kappa shape index (κ2) is 7.88. The Labute approximate surface area is 169 Å². The predicted molar refractivity (Wildman–Crippen MR) is 111 cm³/mol. The molecular formula is C19H24N6O3S. The van der Waals surface area contributed by atoms with Crippen LogP contribution in [0.3, 0.4) is 0 Å². The van der Waals surface area contributed by atoms with Gasteiger partial charge in [-0.25, -0.2) is 8.42 Å². The Kier molecular flexibility index (Phi) is 5.29. The summed E-state index contributed by atoms with van der Waals surface area (Å²) in [7, 11) is -3.16. The molecule has 154 valence electrons. The molecule has 3 aromatic rings. The number of carbonyl (C=O) groups is 1. The number of carbonyl (C=O) groups excluding carboxylic acids is 1. The van der Waals surface area contributed by atoms with Gasteiger partial charge < -0.3 is 14.6 Å². The summed E-state index contributed by atoms with van der Waals surface area (Å²) < 4.78 is 28.7. The average Bonchev–Trinajstić information content (AvgIpc) is 3.36. The van der Waals surface area contributed by atoms with Gasteiger partial charge in [0.2, 0.25) is 10.0 Å². The van der Waals surface area contributed by atoms with Crippen LogP contribution in [0, 0.1) is 0 Å². The second-order valence-corrected chi connectivity index (χ2v) is 9.06. The third kappa shape index (κ3) is 4.28. The summed E-state index contributed by atoms with van der Waals surface area (Å²) in [4.78, 5) is 14.7. The Morgan fingerprint density at radius 3 is 2.59 bits per heavy atom. The summed E-state index contributed by atoms with van der Waals surface area (Å²) in [5, 5.41) is 7.03. The van der Waals surface area contributed by atoms with Gasteiger partial charge in [-0.1, -0.05) is 0 Å². The first-order valence-electron chi connectivity index (χ1n) is 9.49. The van der Waals surface area contributed by atoms with Crippen LogP contribution in [0.25, 0.3) is 5.52 Å². The van der Waals surface area contributed by atoms with E-state index in [1.807, 2.05) is 47.1 Å². The molecule has 29 heavy (non-hydrogen) atoms. The van der Waals surface area contributed by atoms with Crippen molar-refractivity contribution in [1.82, 2.24) is 23.8 Å². The van der Waals surface area contributed by atoms with Gasteiger partial charge in [0, 0.05) is 56.8 Å². The lowest BCUT2D eigenvalue weighted by atomic mass is 10.2. The van der Waals surface area contributed by atoms with Gasteiger partial charge in [-0.15, -0.1) is 0 Å². The number of hydrogen-bond donors (Lipinski definition) is 1. The van der Waals surface area contributed by atoms with Gasteiger partial charge in [0.1, 0.15) is 5.82 Å². The molecule has 1 aliphatic heterocycles. The van der Waals surface area contributed by atoms with Crippen LogP contribution in [0.1, 0.15) is 10.4 Å². The molecule has 1 aliphatic rings. The first-order valence-corrected chi connectivity index (χ1v) is 11.3. The minimum absolute atomic E-state index is 0.138. The maximum atomic E-state index is 12.5. The number of pyridine rings is 1. The number of nitrogens with zero attached hydrogens (tertiary/aromatic N) is 5. The van der Waals surface area contributed by atoms with E-state index in [1.54, 1.807) is 10.9 Å². The fourth-order valence-corrected chi connectivity index (χ4v) is 4.37. The van der Waals surface area contributed by atoms with E-state index in [-0.39, 0.29) is 5.91 Å². The lowest BCUT2D eigenvalue weighted by molar-refractivity contribution is 0.0951. The van der Waals surface area contributed by atoms with Gasteiger partial charge in [0.15, 0.2) is 0 Å². The molecule has 10 heteroatoms. The zero-order valence-corrected chi connectivity index (χ0v) is 17.0. The number of fused-ring (bicyclic) bond motifs is 1. The first kappa shape index (κ1) is 19.5. The minimum Gasteiger partial charge on any atom is -0.355 e. The molecule has 1 amide bonds. The van der Waals surface area contributed by atoms with Gasteiger partial charge in [-0.2, -0.15) is 9.40 Å². The SMILES string of the molecule is CS(=O)(=O)N1CCN(c2ccc3ccc(C(=O)NCCn4cccn4)cn23)CC1. The monoisotopic (exact) mass is 416 g/mol. The van der Waals surface area contributed by atoms with E-state index in [2.05, 4.69) is 15.3 Å². The van der Waals surface area contributed by atoms with E-state index in [1.165, 1.54) is 10.6 Å². The largest absolute Gasteiger partial charge is 0.355 e. The molecule has 1 saturated heterocycles. The number of rotatable bonds is 6. The van der Waals surface area contributed by atoms with Crippen molar-refractivity contribution in [3.63, 3.8) is 0 Å². The highest BCUT2D eigenvalue weighted by Crippen LogP contribution is 2.22. The van der Waals surface area contributed by atoms with Gasteiger partial charge in [-0.05, 0) is 30.3 Å². The van der Waals surface area contributed by atoms with Crippen LogP contribution in [0.2, 0.25) is 0 Å². The number of sulfonamides is 1. The van der Waals surface area contributed by atoms with Gasteiger partial charge in [0.05, 0.1) is 18.4 Å².